The van der Waals surface area contributed by atoms with Crippen LogP contribution >= 0.6 is 11.6 Å². The zero-order valence-corrected chi connectivity index (χ0v) is 8.23. The van der Waals surface area contributed by atoms with E-state index in [9.17, 15) is 0 Å². The van der Waals surface area contributed by atoms with Crippen LogP contribution in [-0.2, 0) is 0 Å². The molecule has 0 bridgehead atoms. The van der Waals surface area contributed by atoms with Crippen LogP contribution in [0.3, 0.4) is 0 Å². The number of alkyl halides is 1. The zero-order chi connectivity index (χ0) is 8.97. The summed E-state index contributed by atoms with van der Waals surface area (Å²) in [5.41, 5.74) is 3.89. The Balaban J connectivity index is 3.04. The minimum Gasteiger partial charge on any atom is -0.122 e. The molecular weight excluding hydrogens is 168 g/mol. The maximum Gasteiger partial charge on any atom is 0.0407 e. The fourth-order valence-electron chi connectivity index (χ4n) is 1.25. The van der Waals surface area contributed by atoms with E-state index in [-0.39, 0.29) is 0 Å². The Morgan fingerprint density at radius 2 is 1.83 bits per heavy atom. The third kappa shape index (κ3) is 2.12. The van der Waals surface area contributed by atoms with Crippen molar-refractivity contribution in [2.24, 2.45) is 0 Å². The molecule has 0 saturated heterocycles. The van der Waals surface area contributed by atoms with Gasteiger partial charge in [-0.15, -0.1) is 11.6 Å². The quantitative estimate of drug-likeness (QED) is 0.611. The molecule has 0 aliphatic rings. The highest BCUT2D eigenvalue weighted by Crippen LogP contribution is 2.14. The molecule has 0 heterocycles. The predicted molar refractivity (Wildman–Crippen MR) is 55.7 cm³/mol. The Morgan fingerprint density at radius 1 is 1.25 bits per heavy atom. The van der Waals surface area contributed by atoms with E-state index in [4.69, 9.17) is 11.6 Å². The summed E-state index contributed by atoms with van der Waals surface area (Å²) in [6.45, 7) is 4.22. The molecule has 1 rings (SSSR count). The van der Waals surface area contributed by atoms with Gasteiger partial charge in [0.15, 0.2) is 0 Å². The van der Waals surface area contributed by atoms with E-state index in [1.54, 1.807) is 0 Å². The molecule has 1 aromatic rings. The molecule has 1 aromatic carbocycles. The van der Waals surface area contributed by atoms with Gasteiger partial charge in [0.2, 0.25) is 0 Å². The van der Waals surface area contributed by atoms with E-state index < -0.39 is 0 Å². The molecule has 0 unspecified atom stereocenters. The largest absolute Gasteiger partial charge is 0.122 e. The molecule has 0 nitrogen and oxygen atoms in total. The highest BCUT2D eigenvalue weighted by molar-refractivity contribution is 6.19. The molecule has 0 radical (unpaired) electrons. The molecule has 0 aromatic heterocycles. The van der Waals surface area contributed by atoms with Crippen LogP contribution in [0, 0.1) is 13.8 Å². The maximum atomic E-state index is 5.57. The van der Waals surface area contributed by atoms with Crippen LogP contribution in [0.1, 0.15) is 16.7 Å². The predicted octanol–water partition coefficient (Wildman–Crippen LogP) is 3.56. The highest BCUT2D eigenvalue weighted by atomic mass is 35.5. The molecule has 0 atom stereocenters. The number of hydrogen-bond donors (Lipinski definition) is 0. The van der Waals surface area contributed by atoms with Crippen molar-refractivity contribution in [3.8, 4) is 0 Å². The standard InChI is InChI=1S/C11H13Cl/c1-9-5-3-6-10(2)11(9)7-4-8-12/h3-7H,8H2,1-2H3/b7-4+. The number of aryl methyl sites for hydroxylation is 2. The van der Waals surface area contributed by atoms with Crippen molar-refractivity contribution in [3.05, 3.63) is 41.0 Å². The van der Waals surface area contributed by atoms with Crippen molar-refractivity contribution in [1.29, 1.82) is 0 Å². The monoisotopic (exact) mass is 180 g/mol. The second-order valence-electron chi connectivity index (χ2n) is 2.86. The van der Waals surface area contributed by atoms with Gasteiger partial charge in [0.1, 0.15) is 0 Å². The average Bonchev–Trinajstić information content (AvgIpc) is 2.04. The molecule has 0 spiro atoms. The van der Waals surface area contributed by atoms with Gasteiger partial charge >= 0.3 is 0 Å². The van der Waals surface area contributed by atoms with Crippen LogP contribution < -0.4 is 0 Å². The first-order valence-electron chi connectivity index (χ1n) is 4.04. The second kappa shape index (κ2) is 4.32. The van der Waals surface area contributed by atoms with Crippen molar-refractivity contribution < 1.29 is 0 Å². The minimum atomic E-state index is 0.577. The molecule has 64 valence electrons. The first-order chi connectivity index (χ1) is 5.75. The Morgan fingerprint density at radius 3 is 2.33 bits per heavy atom. The maximum absolute atomic E-state index is 5.57. The lowest BCUT2D eigenvalue weighted by Gasteiger charge is -2.03. The summed E-state index contributed by atoms with van der Waals surface area (Å²) in [4.78, 5) is 0. The summed E-state index contributed by atoms with van der Waals surface area (Å²) >= 11 is 5.57. The zero-order valence-electron chi connectivity index (χ0n) is 7.47. The molecule has 0 amide bonds. The summed E-state index contributed by atoms with van der Waals surface area (Å²) in [5.74, 6) is 0.577. The Labute approximate surface area is 78.9 Å². The van der Waals surface area contributed by atoms with Gasteiger partial charge in [0.05, 0.1) is 0 Å². The van der Waals surface area contributed by atoms with E-state index >= 15 is 0 Å². The van der Waals surface area contributed by atoms with E-state index in [1.165, 1.54) is 16.7 Å². The van der Waals surface area contributed by atoms with Gasteiger partial charge < -0.3 is 0 Å². The summed E-state index contributed by atoms with van der Waals surface area (Å²) < 4.78 is 0. The van der Waals surface area contributed by atoms with Crippen molar-refractivity contribution in [2.75, 3.05) is 5.88 Å². The summed E-state index contributed by atoms with van der Waals surface area (Å²) in [6, 6.07) is 6.30. The summed E-state index contributed by atoms with van der Waals surface area (Å²) in [7, 11) is 0. The first-order valence-corrected chi connectivity index (χ1v) is 4.58. The molecular formula is C11H13Cl. The molecule has 1 heteroatoms. The topological polar surface area (TPSA) is 0 Å². The Hall–Kier alpha value is -0.750. The van der Waals surface area contributed by atoms with Crippen LogP contribution in [-0.4, -0.2) is 5.88 Å². The van der Waals surface area contributed by atoms with Gasteiger partial charge in [-0.1, -0.05) is 30.4 Å². The van der Waals surface area contributed by atoms with Crippen LogP contribution in [0.5, 0.6) is 0 Å². The van der Waals surface area contributed by atoms with Crippen LogP contribution in [0.25, 0.3) is 6.08 Å². The third-order valence-corrected chi connectivity index (χ3v) is 2.09. The summed E-state index contributed by atoms with van der Waals surface area (Å²) in [5, 5.41) is 0. The van der Waals surface area contributed by atoms with Crippen molar-refractivity contribution in [1.82, 2.24) is 0 Å². The van der Waals surface area contributed by atoms with Crippen molar-refractivity contribution >= 4 is 17.7 Å². The number of benzene rings is 1. The normalized spacial score (nSPS) is 10.9. The lowest BCUT2D eigenvalue weighted by Crippen LogP contribution is -1.84. The molecule has 0 aliphatic heterocycles. The van der Waals surface area contributed by atoms with Gasteiger partial charge in [0, 0.05) is 5.88 Å². The van der Waals surface area contributed by atoms with Gasteiger partial charge in [-0.25, -0.2) is 0 Å². The average molecular weight is 181 g/mol. The lowest BCUT2D eigenvalue weighted by molar-refractivity contribution is 1.35. The Bertz CT molecular complexity index is 267. The second-order valence-corrected chi connectivity index (χ2v) is 3.17. The number of hydrogen-bond acceptors (Lipinski definition) is 0. The van der Waals surface area contributed by atoms with Gasteiger partial charge in [-0.05, 0) is 30.5 Å². The molecule has 0 saturated carbocycles. The fraction of sp³-hybridized carbons (Fsp3) is 0.273. The van der Waals surface area contributed by atoms with Crippen molar-refractivity contribution in [2.45, 2.75) is 13.8 Å². The van der Waals surface area contributed by atoms with Crippen LogP contribution in [0.15, 0.2) is 24.3 Å². The third-order valence-electron chi connectivity index (χ3n) is 1.92. The van der Waals surface area contributed by atoms with Gasteiger partial charge in [-0.3, -0.25) is 0 Å². The Kier molecular flexibility index (Phi) is 3.36. The molecule has 0 fully saturated rings. The van der Waals surface area contributed by atoms with E-state index in [0.29, 0.717) is 5.88 Å². The van der Waals surface area contributed by atoms with Crippen LogP contribution in [0.2, 0.25) is 0 Å². The fourth-order valence-corrected chi connectivity index (χ4v) is 1.34. The lowest BCUT2D eigenvalue weighted by atomic mass is 10.0. The number of halogens is 1. The molecule has 0 N–H and O–H groups in total. The van der Waals surface area contributed by atoms with E-state index in [2.05, 4.69) is 38.1 Å². The first kappa shape index (κ1) is 9.34. The smallest absolute Gasteiger partial charge is 0.0407 e. The van der Waals surface area contributed by atoms with Crippen molar-refractivity contribution in [3.63, 3.8) is 0 Å². The van der Waals surface area contributed by atoms with Gasteiger partial charge in [-0.2, -0.15) is 0 Å². The number of allylic oxidation sites excluding steroid dienone is 1. The van der Waals surface area contributed by atoms with E-state index in [1.807, 2.05) is 6.08 Å². The highest BCUT2D eigenvalue weighted by Gasteiger charge is 1.95. The molecule has 12 heavy (non-hydrogen) atoms. The molecule has 0 aliphatic carbocycles. The summed E-state index contributed by atoms with van der Waals surface area (Å²) in [6.07, 6.45) is 4.05. The van der Waals surface area contributed by atoms with E-state index in [0.717, 1.165) is 0 Å². The number of rotatable bonds is 2. The SMILES string of the molecule is Cc1cccc(C)c1/C=C/CCl. The minimum absolute atomic E-state index is 0.577. The van der Waals surface area contributed by atoms with Gasteiger partial charge in [0.25, 0.3) is 0 Å². The van der Waals surface area contributed by atoms with Crippen LogP contribution in [0.4, 0.5) is 0 Å².